The van der Waals surface area contributed by atoms with E-state index in [0.717, 1.165) is 0 Å². The zero-order valence-corrected chi connectivity index (χ0v) is 7.07. The predicted molar refractivity (Wildman–Crippen MR) is 41.6 cm³/mol. The highest BCUT2D eigenvalue weighted by Crippen LogP contribution is 2.21. The number of rotatable bonds is 0. The van der Waals surface area contributed by atoms with Gasteiger partial charge in [0.05, 0.1) is 17.9 Å². The third-order valence-electron chi connectivity index (χ3n) is 1.91. The van der Waals surface area contributed by atoms with Crippen molar-refractivity contribution < 1.29 is 13.2 Å². The van der Waals surface area contributed by atoms with E-state index in [0.29, 0.717) is 11.3 Å². The molecule has 0 saturated carbocycles. The molecule has 2 aliphatic heterocycles. The summed E-state index contributed by atoms with van der Waals surface area (Å²) in [6, 6.07) is 0. The summed E-state index contributed by atoms with van der Waals surface area (Å²) in [6.07, 6.45) is 0.210. The van der Waals surface area contributed by atoms with Gasteiger partial charge in [-0.2, -0.15) is 0 Å². The van der Waals surface area contributed by atoms with Crippen molar-refractivity contribution in [1.82, 2.24) is 10.9 Å². The molecule has 0 bridgehead atoms. The zero-order chi connectivity index (χ0) is 8.77. The maximum atomic E-state index is 11.1. The Balaban J connectivity index is 2.30. The lowest BCUT2D eigenvalue weighted by Gasteiger charge is -2.15. The Kier molecular flexibility index (Phi) is 1.41. The lowest BCUT2D eigenvalue weighted by Crippen LogP contribution is -2.41. The van der Waals surface area contributed by atoms with Crippen molar-refractivity contribution in [3.8, 4) is 0 Å². The first-order chi connectivity index (χ1) is 5.57. The summed E-state index contributed by atoms with van der Waals surface area (Å²) in [5.74, 6) is -0.114. The van der Waals surface area contributed by atoms with E-state index in [1.54, 1.807) is 0 Å². The van der Waals surface area contributed by atoms with Gasteiger partial charge in [0.1, 0.15) is 0 Å². The summed E-state index contributed by atoms with van der Waals surface area (Å²) in [6.45, 7) is 0. The van der Waals surface area contributed by atoms with Crippen LogP contribution < -0.4 is 10.9 Å². The maximum Gasteiger partial charge on any atom is 0.242 e. The van der Waals surface area contributed by atoms with Crippen molar-refractivity contribution in [3.63, 3.8) is 0 Å². The fraction of sp³-hybridized carbons (Fsp3) is 0.500. The third kappa shape index (κ3) is 1.18. The standard InChI is InChI=1S/C6H8N2O3S/c9-6-1-4-2-12(10,11)3-5(4)7-8-6/h7H,1-3H2,(H,8,9). The van der Waals surface area contributed by atoms with Crippen molar-refractivity contribution >= 4 is 15.7 Å². The van der Waals surface area contributed by atoms with Crippen molar-refractivity contribution in [2.45, 2.75) is 6.42 Å². The molecule has 0 aromatic heterocycles. The average molecular weight is 188 g/mol. The van der Waals surface area contributed by atoms with Gasteiger partial charge in [0.25, 0.3) is 0 Å². The lowest BCUT2D eigenvalue weighted by molar-refractivity contribution is -0.121. The number of sulfone groups is 1. The molecular formula is C6H8N2O3S. The Hall–Kier alpha value is -1.04. The van der Waals surface area contributed by atoms with Crippen LogP contribution in [0.5, 0.6) is 0 Å². The molecule has 2 aliphatic rings. The van der Waals surface area contributed by atoms with Gasteiger partial charge in [-0.3, -0.25) is 10.2 Å². The average Bonchev–Trinajstić information content (AvgIpc) is 2.21. The molecular weight excluding hydrogens is 180 g/mol. The van der Waals surface area contributed by atoms with Crippen LogP contribution in [0.4, 0.5) is 0 Å². The van der Waals surface area contributed by atoms with E-state index in [-0.39, 0.29) is 23.8 Å². The Morgan fingerprint density at radius 1 is 1.17 bits per heavy atom. The second kappa shape index (κ2) is 2.22. The van der Waals surface area contributed by atoms with E-state index < -0.39 is 9.84 Å². The fourth-order valence-electron chi connectivity index (χ4n) is 1.39. The van der Waals surface area contributed by atoms with Gasteiger partial charge in [0.2, 0.25) is 5.91 Å². The summed E-state index contributed by atoms with van der Waals surface area (Å²) in [5, 5.41) is 0. The number of amides is 1. The summed E-state index contributed by atoms with van der Waals surface area (Å²) < 4.78 is 22.2. The van der Waals surface area contributed by atoms with Crippen LogP contribution in [-0.2, 0) is 14.6 Å². The molecule has 0 atom stereocenters. The van der Waals surface area contributed by atoms with Gasteiger partial charge in [0, 0.05) is 5.70 Å². The molecule has 0 aromatic rings. The molecule has 0 unspecified atom stereocenters. The van der Waals surface area contributed by atoms with Crippen LogP contribution in [0.25, 0.3) is 0 Å². The van der Waals surface area contributed by atoms with Crippen LogP contribution >= 0.6 is 0 Å². The lowest BCUT2D eigenvalue weighted by atomic mass is 10.1. The minimum atomic E-state index is -2.98. The van der Waals surface area contributed by atoms with Crippen LogP contribution in [0.3, 0.4) is 0 Å². The van der Waals surface area contributed by atoms with Crippen molar-refractivity contribution in [2.24, 2.45) is 0 Å². The summed E-state index contributed by atoms with van der Waals surface area (Å²) in [5.41, 5.74) is 6.32. The minimum absolute atomic E-state index is 0.0304. The monoisotopic (exact) mass is 188 g/mol. The molecule has 6 heteroatoms. The molecule has 0 aliphatic carbocycles. The van der Waals surface area contributed by atoms with Gasteiger partial charge in [0.15, 0.2) is 9.84 Å². The molecule has 2 heterocycles. The normalized spacial score (nSPS) is 26.2. The van der Waals surface area contributed by atoms with Crippen LogP contribution in [-0.4, -0.2) is 25.8 Å². The maximum absolute atomic E-state index is 11.1. The molecule has 2 N–H and O–H groups in total. The second-order valence-corrected chi connectivity index (χ2v) is 5.03. The topological polar surface area (TPSA) is 75.3 Å². The van der Waals surface area contributed by atoms with Crippen LogP contribution in [0, 0.1) is 0 Å². The van der Waals surface area contributed by atoms with Gasteiger partial charge in [-0.1, -0.05) is 0 Å². The Morgan fingerprint density at radius 2 is 1.92 bits per heavy atom. The second-order valence-electron chi connectivity index (χ2n) is 2.96. The largest absolute Gasteiger partial charge is 0.302 e. The molecule has 1 amide bonds. The smallest absolute Gasteiger partial charge is 0.242 e. The van der Waals surface area contributed by atoms with E-state index in [1.165, 1.54) is 0 Å². The van der Waals surface area contributed by atoms with Gasteiger partial charge >= 0.3 is 0 Å². The molecule has 66 valence electrons. The molecule has 5 nitrogen and oxygen atoms in total. The molecule has 0 radical (unpaired) electrons. The minimum Gasteiger partial charge on any atom is -0.302 e. The van der Waals surface area contributed by atoms with Crippen molar-refractivity contribution in [2.75, 3.05) is 11.5 Å². The highest BCUT2D eigenvalue weighted by Gasteiger charge is 2.31. The number of carbonyl (C=O) groups excluding carboxylic acids is 1. The number of hydrogen-bond acceptors (Lipinski definition) is 4. The van der Waals surface area contributed by atoms with Crippen LogP contribution in [0.1, 0.15) is 6.42 Å². The first-order valence-corrected chi connectivity index (χ1v) is 5.35. The Morgan fingerprint density at radius 3 is 2.67 bits per heavy atom. The first kappa shape index (κ1) is 7.60. The van der Waals surface area contributed by atoms with Crippen molar-refractivity contribution in [1.29, 1.82) is 0 Å². The summed E-state index contributed by atoms with van der Waals surface area (Å²) in [4.78, 5) is 10.8. The van der Waals surface area contributed by atoms with Gasteiger partial charge in [-0.05, 0) is 5.57 Å². The van der Waals surface area contributed by atoms with Crippen LogP contribution in [0.15, 0.2) is 11.3 Å². The number of hydrogen-bond donors (Lipinski definition) is 2. The van der Waals surface area contributed by atoms with Gasteiger partial charge < -0.3 is 5.43 Å². The van der Waals surface area contributed by atoms with Gasteiger partial charge in [-0.15, -0.1) is 0 Å². The van der Waals surface area contributed by atoms with Crippen LogP contribution in [0.2, 0.25) is 0 Å². The van der Waals surface area contributed by atoms with E-state index in [2.05, 4.69) is 10.9 Å². The van der Waals surface area contributed by atoms with E-state index in [9.17, 15) is 13.2 Å². The zero-order valence-electron chi connectivity index (χ0n) is 6.25. The van der Waals surface area contributed by atoms with Gasteiger partial charge in [-0.25, -0.2) is 8.42 Å². The highest BCUT2D eigenvalue weighted by molar-refractivity contribution is 7.92. The quantitative estimate of drug-likeness (QED) is 0.495. The molecule has 0 saturated heterocycles. The molecule has 0 fully saturated rings. The number of carbonyl (C=O) groups is 1. The molecule has 0 aromatic carbocycles. The third-order valence-corrected chi connectivity index (χ3v) is 3.43. The SMILES string of the molecule is O=C1CC2=C(CS(=O)(=O)C2)NN1. The van der Waals surface area contributed by atoms with Crippen molar-refractivity contribution in [3.05, 3.63) is 11.3 Å². The Bertz CT molecular complexity index is 368. The van der Waals surface area contributed by atoms with E-state index >= 15 is 0 Å². The molecule has 2 rings (SSSR count). The molecule has 12 heavy (non-hydrogen) atoms. The number of nitrogens with one attached hydrogen (secondary N) is 2. The summed E-state index contributed by atoms with van der Waals surface area (Å²) >= 11 is 0. The number of hydrazine groups is 1. The summed E-state index contributed by atoms with van der Waals surface area (Å²) in [7, 11) is -2.98. The first-order valence-electron chi connectivity index (χ1n) is 3.53. The molecule has 0 spiro atoms. The van der Waals surface area contributed by atoms with E-state index in [1.807, 2.05) is 0 Å². The van der Waals surface area contributed by atoms with E-state index in [4.69, 9.17) is 0 Å². The Labute approximate surface area is 69.7 Å². The highest BCUT2D eigenvalue weighted by atomic mass is 32.2. The fourth-order valence-corrected chi connectivity index (χ4v) is 3.02. The predicted octanol–water partition coefficient (Wildman–Crippen LogP) is -1.31.